The summed E-state index contributed by atoms with van der Waals surface area (Å²) < 4.78 is 0. The third kappa shape index (κ3) is 19.7. The SMILES string of the molecule is C1=CCCC1.CC1CCC1C.CCC(C)CC.CCO.O. The summed E-state index contributed by atoms with van der Waals surface area (Å²) >= 11 is 0. The summed E-state index contributed by atoms with van der Waals surface area (Å²) in [5.41, 5.74) is 0. The van der Waals surface area contributed by atoms with Crippen molar-refractivity contribution in [3.05, 3.63) is 12.2 Å². The highest BCUT2D eigenvalue weighted by Crippen LogP contribution is 2.32. The van der Waals surface area contributed by atoms with Crippen LogP contribution in [0.25, 0.3) is 0 Å². The van der Waals surface area contributed by atoms with Crippen molar-refractivity contribution in [1.82, 2.24) is 0 Å². The van der Waals surface area contributed by atoms with Crippen LogP contribution in [0.3, 0.4) is 0 Å². The van der Waals surface area contributed by atoms with Gasteiger partial charge in [-0.15, -0.1) is 0 Å². The summed E-state index contributed by atoms with van der Waals surface area (Å²) in [5, 5.41) is 7.57. The van der Waals surface area contributed by atoms with Gasteiger partial charge in [0.15, 0.2) is 0 Å². The monoisotopic (exact) mass is 302 g/mol. The van der Waals surface area contributed by atoms with Crippen LogP contribution in [0.1, 0.15) is 86.5 Å². The van der Waals surface area contributed by atoms with Gasteiger partial charge in [0.2, 0.25) is 0 Å². The van der Waals surface area contributed by atoms with Gasteiger partial charge in [0.1, 0.15) is 0 Å². The summed E-state index contributed by atoms with van der Waals surface area (Å²) in [6.45, 7) is 13.3. The van der Waals surface area contributed by atoms with Crippen LogP contribution < -0.4 is 0 Å². The molecule has 1 saturated carbocycles. The van der Waals surface area contributed by atoms with Gasteiger partial charge in [-0.05, 0) is 43.9 Å². The zero-order chi connectivity index (χ0) is 15.8. The standard InChI is InChI=1S/C6H12.C6H14.C5H8.C2H6O.H2O/c1-5-3-4-6(5)2;1-4-6(3)5-2;1-2-4-5-3-1;1-2-3;/h5-6H,3-4H2,1-2H3;6H,4-5H2,1-3H3;1-2H,3-5H2;3H,2H2,1H3;1H2. The number of aliphatic hydroxyl groups excluding tert-OH is 1. The van der Waals surface area contributed by atoms with E-state index < -0.39 is 0 Å². The Morgan fingerprint density at radius 2 is 1.29 bits per heavy atom. The van der Waals surface area contributed by atoms with Gasteiger partial charge in [-0.25, -0.2) is 0 Å². The summed E-state index contributed by atoms with van der Waals surface area (Å²) in [7, 11) is 0. The molecule has 2 aliphatic rings. The van der Waals surface area contributed by atoms with Gasteiger partial charge in [-0.2, -0.15) is 0 Å². The third-order valence-electron chi connectivity index (χ3n) is 4.35. The molecule has 0 heterocycles. The van der Waals surface area contributed by atoms with E-state index in [0.29, 0.717) is 0 Å². The molecule has 2 atom stereocenters. The molecule has 0 aliphatic heterocycles. The maximum atomic E-state index is 7.57. The van der Waals surface area contributed by atoms with Gasteiger partial charge in [0.05, 0.1) is 0 Å². The van der Waals surface area contributed by atoms with E-state index in [1.54, 1.807) is 6.92 Å². The molecule has 0 aromatic heterocycles. The highest BCUT2D eigenvalue weighted by atomic mass is 16.2. The Hall–Kier alpha value is -0.340. The van der Waals surface area contributed by atoms with Crippen LogP contribution in [0.2, 0.25) is 0 Å². The lowest BCUT2D eigenvalue weighted by Gasteiger charge is -2.29. The number of hydrogen-bond acceptors (Lipinski definition) is 1. The number of hydrogen-bond donors (Lipinski definition) is 1. The van der Waals surface area contributed by atoms with Crippen LogP contribution in [0.5, 0.6) is 0 Å². The smallest absolute Gasteiger partial charge is 0.0402 e. The van der Waals surface area contributed by atoms with Gasteiger partial charge in [0, 0.05) is 6.61 Å². The van der Waals surface area contributed by atoms with Crippen molar-refractivity contribution in [1.29, 1.82) is 0 Å². The van der Waals surface area contributed by atoms with Crippen molar-refractivity contribution < 1.29 is 10.6 Å². The maximum absolute atomic E-state index is 7.57. The fourth-order valence-corrected chi connectivity index (χ4v) is 1.71. The molecular formula is C19H42O2. The quantitative estimate of drug-likeness (QED) is 0.683. The maximum Gasteiger partial charge on any atom is 0.0402 e. The highest BCUT2D eigenvalue weighted by molar-refractivity contribution is 4.88. The first kappa shape index (κ1) is 25.6. The van der Waals surface area contributed by atoms with Crippen LogP contribution in [-0.2, 0) is 0 Å². The zero-order valence-electron chi connectivity index (χ0n) is 15.5. The van der Waals surface area contributed by atoms with Crippen molar-refractivity contribution >= 4 is 0 Å². The molecule has 0 aromatic carbocycles. The third-order valence-corrected chi connectivity index (χ3v) is 4.35. The minimum Gasteiger partial charge on any atom is -0.412 e. The predicted octanol–water partition coefficient (Wildman–Crippen LogP) is 5.40. The zero-order valence-corrected chi connectivity index (χ0v) is 15.5. The normalized spacial score (nSPS) is 21.5. The van der Waals surface area contributed by atoms with E-state index in [1.165, 1.54) is 44.9 Å². The Kier molecular flexibility index (Phi) is 24.0. The number of aliphatic hydroxyl groups is 1. The van der Waals surface area contributed by atoms with Crippen molar-refractivity contribution in [2.45, 2.75) is 86.5 Å². The first-order valence-electron chi connectivity index (χ1n) is 8.79. The Balaban J connectivity index is -0.000000208. The average Bonchev–Trinajstić information content (AvgIpc) is 3.05. The van der Waals surface area contributed by atoms with Crippen molar-refractivity contribution in [3.8, 4) is 0 Å². The van der Waals surface area contributed by atoms with Crippen molar-refractivity contribution in [2.24, 2.45) is 17.8 Å². The molecule has 2 heteroatoms. The lowest BCUT2D eigenvalue weighted by molar-refractivity contribution is 0.219. The lowest BCUT2D eigenvalue weighted by atomic mass is 9.77. The number of rotatable bonds is 2. The molecule has 0 aromatic rings. The largest absolute Gasteiger partial charge is 0.412 e. The van der Waals surface area contributed by atoms with Gasteiger partial charge >= 0.3 is 0 Å². The topological polar surface area (TPSA) is 51.7 Å². The number of allylic oxidation sites excluding steroid dienone is 2. The van der Waals surface area contributed by atoms with E-state index in [0.717, 1.165) is 17.8 Å². The molecule has 0 amide bonds. The Morgan fingerprint density at radius 3 is 1.33 bits per heavy atom. The summed E-state index contributed by atoms with van der Waals surface area (Å²) in [6, 6.07) is 0. The predicted molar refractivity (Wildman–Crippen MR) is 96.7 cm³/mol. The van der Waals surface area contributed by atoms with E-state index in [-0.39, 0.29) is 12.1 Å². The fraction of sp³-hybridized carbons (Fsp3) is 0.895. The van der Waals surface area contributed by atoms with E-state index >= 15 is 0 Å². The van der Waals surface area contributed by atoms with Gasteiger partial charge in [-0.3, -0.25) is 0 Å². The molecule has 2 nitrogen and oxygen atoms in total. The molecular weight excluding hydrogens is 260 g/mol. The molecule has 21 heavy (non-hydrogen) atoms. The first-order chi connectivity index (χ1) is 9.53. The van der Waals surface area contributed by atoms with E-state index in [2.05, 4.69) is 46.8 Å². The van der Waals surface area contributed by atoms with Crippen LogP contribution in [0, 0.1) is 17.8 Å². The first-order valence-corrected chi connectivity index (χ1v) is 8.79. The summed E-state index contributed by atoms with van der Waals surface area (Å²) in [6.07, 6.45) is 14.1. The average molecular weight is 303 g/mol. The van der Waals surface area contributed by atoms with Crippen LogP contribution in [0.15, 0.2) is 12.2 Å². The van der Waals surface area contributed by atoms with Crippen LogP contribution >= 0.6 is 0 Å². The molecule has 2 rings (SSSR count). The Morgan fingerprint density at radius 1 is 0.952 bits per heavy atom. The molecule has 2 aliphatic carbocycles. The molecule has 0 saturated heterocycles. The Labute approximate surface area is 134 Å². The molecule has 2 unspecified atom stereocenters. The minimum absolute atomic E-state index is 0. The van der Waals surface area contributed by atoms with E-state index in [4.69, 9.17) is 5.11 Å². The second-order valence-electron chi connectivity index (χ2n) is 6.17. The second kappa shape index (κ2) is 19.7. The minimum atomic E-state index is 0. The summed E-state index contributed by atoms with van der Waals surface area (Å²) in [5.74, 6) is 3.00. The van der Waals surface area contributed by atoms with E-state index in [9.17, 15) is 0 Å². The second-order valence-corrected chi connectivity index (χ2v) is 6.17. The van der Waals surface area contributed by atoms with Gasteiger partial charge < -0.3 is 10.6 Å². The Bertz CT molecular complexity index is 180. The van der Waals surface area contributed by atoms with Gasteiger partial charge in [0.25, 0.3) is 0 Å². The molecule has 1 fully saturated rings. The lowest BCUT2D eigenvalue weighted by Crippen LogP contribution is -2.18. The van der Waals surface area contributed by atoms with Crippen LogP contribution in [0.4, 0.5) is 0 Å². The summed E-state index contributed by atoms with van der Waals surface area (Å²) in [4.78, 5) is 0. The molecule has 0 radical (unpaired) electrons. The van der Waals surface area contributed by atoms with Crippen molar-refractivity contribution in [3.63, 3.8) is 0 Å². The molecule has 3 N–H and O–H groups in total. The van der Waals surface area contributed by atoms with E-state index in [1.807, 2.05) is 0 Å². The van der Waals surface area contributed by atoms with Gasteiger partial charge in [-0.1, -0.05) is 72.5 Å². The molecule has 0 bridgehead atoms. The molecule has 0 spiro atoms. The highest BCUT2D eigenvalue weighted by Gasteiger charge is 2.20. The fourth-order valence-electron chi connectivity index (χ4n) is 1.71. The van der Waals surface area contributed by atoms with Crippen LogP contribution in [-0.4, -0.2) is 17.2 Å². The van der Waals surface area contributed by atoms with Crippen molar-refractivity contribution in [2.75, 3.05) is 6.61 Å². The molecule has 130 valence electrons.